The van der Waals surface area contributed by atoms with Gasteiger partial charge in [0.2, 0.25) is 0 Å². The van der Waals surface area contributed by atoms with Gasteiger partial charge in [-0.15, -0.1) is 0 Å². The number of aromatic nitrogens is 1. The minimum Gasteiger partial charge on any atom is -0.508 e. The van der Waals surface area contributed by atoms with Crippen molar-refractivity contribution in [1.29, 1.82) is 0 Å². The molecule has 0 radical (unpaired) electrons. The van der Waals surface area contributed by atoms with Crippen molar-refractivity contribution in [2.45, 2.75) is 12.8 Å². The van der Waals surface area contributed by atoms with Crippen LogP contribution in [-0.4, -0.2) is 15.9 Å². The number of ketones is 1. The Labute approximate surface area is 98.8 Å². The molecule has 0 fully saturated rings. The van der Waals surface area contributed by atoms with Crippen LogP contribution in [0.15, 0.2) is 36.4 Å². The summed E-state index contributed by atoms with van der Waals surface area (Å²) in [5.74, 6) is 0.426. The lowest BCUT2D eigenvalue weighted by molar-refractivity contribution is 0.0994. The quantitative estimate of drug-likeness (QED) is 0.811. The second-order valence-electron chi connectivity index (χ2n) is 4.16. The number of pyridine rings is 1. The smallest absolute Gasteiger partial charge is 0.165 e. The van der Waals surface area contributed by atoms with Gasteiger partial charge < -0.3 is 5.11 Å². The highest BCUT2D eigenvalue weighted by molar-refractivity contribution is 6.00. The topological polar surface area (TPSA) is 50.2 Å². The first-order valence-corrected chi connectivity index (χ1v) is 5.56. The number of carbonyl (C=O) groups is 1. The molecular formula is C14H11NO2. The summed E-state index contributed by atoms with van der Waals surface area (Å²) in [5, 5.41) is 9.23. The van der Waals surface area contributed by atoms with Crippen LogP contribution >= 0.6 is 0 Å². The number of carbonyl (C=O) groups excluding carboxylic acids is 1. The summed E-state index contributed by atoms with van der Waals surface area (Å²) in [6.45, 7) is 0. The van der Waals surface area contributed by atoms with Gasteiger partial charge in [-0.05, 0) is 42.8 Å². The molecule has 0 amide bonds. The fourth-order valence-corrected chi connectivity index (χ4v) is 2.11. The highest BCUT2D eigenvalue weighted by atomic mass is 16.3. The van der Waals surface area contributed by atoms with Crippen molar-refractivity contribution in [1.82, 2.24) is 4.98 Å². The highest BCUT2D eigenvalue weighted by Crippen LogP contribution is 2.25. The molecule has 0 spiro atoms. The van der Waals surface area contributed by atoms with Gasteiger partial charge in [0, 0.05) is 17.5 Å². The van der Waals surface area contributed by atoms with E-state index in [1.807, 2.05) is 24.3 Å². The van der Waals surface area contributed by atoms with E-state index in [0.717, 1.165) is 28.9 Å². The second kappa shape index (κ2) is 3.70. The first-order chi connectivity index (χ1) is 8.24. The zero-order chi connectivity index (χ0) is 11.8. The van der Waals surface area contributed by atoms with Crippen LogP contribution in [0.5, 0.6) is 5.75 Å². The number of aromatic hydroxyl groups is 1. The van der Waals surface area contributed by atoms with Crippen molar-refractivity contribution in [2.24, 2.45) is 0 Å². The maximum Gasteiger partial charge on any atom is 0.165 e. The van der Waals surface area contributed by atoms with E-state index in [1.165, 1.54) is 0 Å². The van der Waals surface area contributed by atoms with Crippen LogP contribution in [0.2, 0.25) is 0 Å². The molecule has 1 aliphatic carbocycles. The highest BCUT2D eigenvalue weighted by Gasteiger charge is 2.20. The van der Waals surface area contributed by atoms with Gasteiger partial charge in [-0.3, -0.25) is 9.78 Å². The predicted octanol–water partition coefficient (Wildman–Crippen LogP) is 2.58. The summed E-state index contributed by atoms with van der Waals surface area (Å²) in [4.78, 5) is 16.0. The van der Waals surface area contributed by atoms with Crippen molar-refractivity contribution in [3.8, 4) is 17.0 Å². The normalized spacial score (nSPS) is 13.8. The van der Waals surface area contributed by atoms with Gasteiger partial charge in [-0.25, -0.2) is 0 Å². The zero-order valence-corrected chi connectivity index (χ0v) is 9.18. The van der Waals surface area contributed by atoms with E-state index in [0.29, 0.717) is 6.42 Å². The molecule has 0 aliphatic heterocycles. The first kappa shape index (κ1) is 10.0. The van der Waals surface area contributed by atoms with Gasteiger partial charge >= 0.3 is 0 Å². The van der Waals surface area contributed by atoms with E-state index in [-0.39, 0.29) is 11.5 Å². The molecule has 3 rings (SSSR count). The van der Waals surface area contributed by atoms with Crippen LogP contribution in [0, 0.1) is 0 Å². The zero-order valence-electron chi connectivity index (χ0n) is 9.18. The summed E-state index contributed by atoms with van der Waals surface area (Å²) in [7, 11) is 0. The van der Waals surface area contributed by atoms with E-state index < -0.39 is 0 Å². The number of Topliss-reactive ketones (excluding diaryl/α,β-unsaturated/α-hetero) is 1. The molecule has 1 aliphatic rings. The maximum atomic E-state index is 11.5. The summed E-state index contributed by atoms with van der Waals surface area (Å²) in [5.41, 5.74) is 3.44. The summed E-state index contributed by atoms with van der Waals surface area (Å²) < 4.78 is 0. The Morgan fingerprint density at radius 1 is 1.00 bits per heavy atom. The van der Waals surface area contributed by atoms with Crippen LogP contribution in [0.1, 0.15) is 22.5 Å². The molecule has 1 aromatic carbocycles. The molecular weight excluding hydrogens is 214 g/mol. The fraction of sp³-hybridized carbons (Fsp3) is 0.143. The summed E-state index contributed by atoms with van der Waals surface area (Å²) in [6, 6.07) is 10.6. The van der Waals surface area contributed by atoms with Gasteiger partial charge in [0.15, 0.2) is 5.78 Å². The molecule has 0 saturated carbocycles. The molecule has 2 aromatic rings. The monoisotopic (exact) mass is 225 g/mol. The number of hydrogen-bond acceptors (Lipinski definition) is 3. The second-order valence-corrected chi connectivity index (χ2v) is 4.16. The molecule has 3 nitrogen and oxygen atoms in total. The third-order valence-electron chi connectivity index (χ3n) is 3.03. The van der Waals surface area contributed by atoms with Gasteiger partial charge in [0.05, 0.1) is 11.4 Å². The van der Waals surface area contributed by atoms with E-state index in [2.05, 4.69) is 4.98 Å². The van der Waals surface area contributed by atoms with Gasteiger partial charge in [0.25, 0.3) is 0 Å². The minimum absolute atomic E-state index is 0.185. The summed E-state index contributed by atoms with van der Waals surface area (Å²) in [6.07, 6.45) is 1.31. The third-order valence-corrected chi connectivity index (χ3v) is 3.03. The van der Waals surface area contributed by atoms with Gasteiger partial charge in [-0.1, -0.05) is 0 Å². The van der Waals surface area contributed by atoms with Crippen molar-refractivity contribution < 1.29 is 9.90 Å². The van der Waals surface area contributed by atoms with Crippen molar-refractivity contribution >= 4 is 5.78 Å². The number of hydrogen-bond donors (Lipinski definition) is 1. The van der Waals surface area contributed by atoms with Crippen LogP contribution in [0.25, 0.3) is 11.3 Å². The molecule has 17 heavy (non-hydrogen) atoms. The van der Waals surface area contributed by atoms with E-state index >= 15 is 0 Å². The Morgan fingerprint density at radius 3 is 2.53 bits per heavy atom. The Morgan fingerprint density at radius 2 is 1.76 bits per heavy atom. The van der Waals surface area contributed by atoms with Crippen LogP contribution in [0.4, 0.5) is 0 Å². The molecule has 1 N–H and O–H groups in total. The number of phenols is 1. The molecule has 0 saturated heterocycles. The molecule has 0 atom stereocenters. The number of aryl methyl sites for hydroxylation is 1. The van der Waals surface area contributed by atoms with Crippen LogP contribution < -0.4 is 0 Å². The standard InChI is InChI=1S/C14H11NO2/c16-10-3-1-9(2-4-10)12-6-5-11-13(15-12)7-8-14(11)17/h1-6,16H,7-8H2. The summed E-state index contributed by atoms with van der Waals surface area (Å²) >= 11 is 0. The lowest BCUT2D eigenvalue weighted by atomic mass is 10.1. The average molecular weight is 225 g/mol. The first-order valence-electron chi connectivity index (χ1n) is 5.56. The van der Waals surface area contributed by atoms with Crippen molar-refractivity contribution in [3.05, 3.63) is 47.7 Å². The Hall–Kier alpha value is -2.16. The number of rotatable bonds is 1. The van der Waals surface area contributed by atoms with Crippen LogP contribution in [-0.2, 0) is 6.42 Å². The van der Waals surface area contributed by atoms with Gasteiger partial charge in [-0.2, -0.15) is 0 Å². The SMILES string of the molecule is O=C1CCc2nc(-c3ccc(O)cc3)ccc21. The molecule has 1 heterocycles. The van der Waals surface area contributed by atoms with E-state index in [1.54, 1.807) is 12.1 Å². The maximum absolute atomic E-state index is 11.5. The van der Waals surface area contributed by atoms with Gasteiger partial charge in [0.1, 0.15) is 5.75 Å². The minimum atomic E-state index is 0.185. The van der Waals surface area contributed by atoms with Crippen molar-refractivity contribution in [3.63, 3.8) is 0 Å². The molecule has 0 unspecified atom stereocenters. The largest absolute Gasteiger partial charge is 0.508 e. The molecule has 1 aromatic heterocycles. The lowest BCUT2D eigenvalue weighted by Gasteiger charge is -2.03. The fourth-order valence-electron chi connectivity index (χ4n) is 2.11. The lowest BCUT2D eigenvalue weighted by Crippen LogP contribution is -1.94. The predicted molar refractivity (Wildman–Crippen MR) is 64.0 cm³/mol. The number of nitrogens with zero attached hydrogens (tertiary/aromatic N) is 1. The third kappa shape index (κ3) is 1.69. The molecule has 84 valence electrons. The average Bonchev–Trinajstić information content (AvgIpc) is 2.72. The van der Waals surface area contributed by atoms with E-state index in [9.17, 15) is 9.90 Å². The Bertz CT molecular complexity index is 588. The van der Waals surface area contributed by atoms with E-state index in [4.69, 9.17) is 0 Å². The number of phenolic OH excluding ortho intramolecular Hbond substituents is 1. The number of benzene rings is 1. The number of fused-ring (bicyclic) bond motifs is 1. The Balaban J connectivity index is 2.05. The molecule has 3 heteroatoms. The molecule has 0 bridgehead atoms. The van der Waals surface area contributed by atoms with Crippen LogP contribution in [0.3, 0.4) is 0 Å². The van der Waals surface area contributed by atoms with Crippen molar-refractivity contribution in [2.75, 3.05) is 0 Å². The Kier molecular flexibility index (Phi) is 2.18.